The molecule has 3 aliphatic carbocycles. The molecule has 0 aromatic carbocycles. The number of hydrogen-bond acceptors (Lipinski definition) is 3. The first kappa shape index (κ1) is 13.8. The average Bonchev–Trinajstić information content (AvgIpc) is 2.84. The van der Waals surface area contributed by atoms with E-state index in [4.69, 9.17) is 4.74 Å². The maximum atomic E-state index is 10.3. The largest absolute Gasteiger partial charge is 0.392 e. The van der Waals surface area contributed by atoms with Crippen LogP contribution in [0.4, 0.5) is 0 Å². The molecule has 19 heavy (non-hydrogen) atoms. The van der Waals surface area contributed by atoms with Gasteiger partial charge in [-0.05, 0) is 44.9 Å². The second-order valence-electron chi connectivity index (χ2n) is 6.84. The van der Waals surface area contributed by atoms with Crippen LogP contribution in [-0.4, -0.2) is 36.5 Å². The van der Waals surface area contributed by atoms with Crippen molar-refractivity contribution in [2.45, 2.75) is 76.5 Å². The maximum absolute atomic E-state index is 10.3. The van der Waals surface area contributed by atoms with E-state index < -0.39 is 0 Å². The molecule has 0 amide bonds. The van der Waals surface area contributed by atoms with E-state index in [1.54, 1.807) is 0 Å². The van der Waals surface area contributed by atoms with E-state index >= 15 is 0 Å². The van der Waals surface area contributed by atoms with Crippen molar-refractivity contribution in [3.63, 3.8) is 0 Å². The summed E-state index contributed by atoms with van der Waals surface area (Å²) in [6, 6.07) is 0.592. The first-order chi connectivity index (χ1) is 9.26. The molecule has 0 aromatic heterocycles. The zero-order chi connectivity index (χ0) is 13.3. The fraction of sp³-hybridized carbons (Fsp3) is 1.00. The summed E-state index contributed by atoms with van der Waals surface area (Å²) in [7, 11) is 0. The van der Waals surface area contributed by atoms with E-state index in [0.29, 0.717) is 23.5 Å². The van der Waals surface area contributed by atoms with Crippen LogP contribution in [0.1, 0.15) is 58.3 Å². The third-order valence-electron chi connectivity index (χ3n) is 5.95. The van der Waals surface area contributed by atoms with Gasteiger partial charge in [-0.1, -0.05) is 19.3 Å². The zero-order valence-electron chi connectivity index (χ0n) is 12.2. The Hall–Kier alpha value is -0.120. The van der Waals surface area contributed by atoms with Crippen molar-refractivity contribution >= 4 is 0 Å². The van der Waals surface area contributed by atoms with Crippen molar-refractivity contribution in [2.24, 2.45) is 11.3 Å². The highest BCUT2D eigenvalue weighted by Gasteiger charge is 2.58. The first-order valence-corrected chi connectivity index (χ1v) is 8.29. The quantitative estimate of drug-likeness (QED) is 0.777. The molecule has 0 heterocycles. The maximum Gasteiger partial charge on any atom is 0.0692 e. The number of aliphatic hydroxyl groups is 1. The Morgan fingerprint density at radius 3 is 2.58 bits per heavy atom. The smallest absolute Gasteiger partial charge is 0.0692 e. The molecule has 110 valence electrons. The summed E-state index contributed by atoms with van der Waals surface area (Å²) < 4.78 is 5.87. The van der Waals surface area contributed by atoms with E-state index in [1.165, 1.54) is 44.9 Å². The van der Waals surface area contributed by atoms with Gasteiger partial charge in [-0.3, -0.25) is 0 Å². The van der Waals surface area contributed by atoms with Gasteiger partial charge < -0.3 is 15.2 Å². The van der Waals surface area contributed by atoms with Gasteiger partial charge in [-0.15, -0.1) is 0 Å². The minimum absolute atomic E-state index is 0.134. The summed E-state index contributed by atoms with van der Waals surface area (Å²) in [5, 5.41) is 13.9. The summed E-state index contributed by atoms with van der Waals surface area (Å²) in [4.78, 5) is 0. The van der Waals surface area contributed by atoms with Crippen molar-refractivity contribution in [1.82, 2.24) is 5.32 Å². The van der Waals surface area contributed by atoms with Gasteiger partial charge >= 0.3 is 0 Å². The minimum atomic E-state index is -0.134. The number of ether oxygens (including phenoxy) is 1. The molecule has 3 unspecified atom stereocenters. The summed E-state index contributed by atoms with van der Waals surface area (Å²) in [6.07, 6.45) is 10.5. The van der Waals surface area contributed by atoms with Gasteiger partial charge in [-0.25, -0.2) is 0 Å². The molecule has 0 bridgehead atoms. The van der Waals surface area contributed by atoms with Crippen molar-refractivity contribution in [3.05, 3.63) is 0 Å². The summed E-state index contributed by atoms with van der Waals surface area (Å²) >= 11 is 0. The number of aliphatic hydroxyl groups excluding tert-OH is 1. The topological polar surface area (TPSA) is 41.5 Å². The molecule has 3 fully saturated rings. The Balaban J connectivity index is 1.45. The van der Waals surface area contributed by atoms with E-state index in [1.807, 2.05) is 0 Å². The Bertz CT molecular complexity index is 297. The second kappa shape index (κ2) is 5.71. The van der Waals surface area contributed by atoms with E-state index in [2.05, 4.69) is 12.2 Å². The van der Waals surface area contributed by atoms with Crippen LogP contribution in [0.25, 0.3) is 0 Å². The highest BCUT2D eigenvalue weighted by Crippen LogP contribution is 2.57. The van der Waals surface area contributed by atoms with Gasteiger partial charge in [0, 0.05) is 24.6 Å². The molecule has 3 rings (SSSR count). The molecule has 0 radical (unpaired) electrons. The molecular weight excluding hydrogens is 238 g/mol. The lowest BCUT2D eigenvalue weighted by atomic mass is 9.51. The zero-order valence-corrected chi connectivity index (χ0v) is 12.2. The second-order valence-corrected chi connectivity index (χ2v) is 6.84. The molecule has 0 saturated heterocycles. The average molecular weight is 267 g/mol. The molecule has 1 spiro atoms. The van der Waals surface area contributed by atoms with E-state index in [-0.39, 0.29) is 6.10 Å². The van der Waals surface area contributed by atoms with Gasteiger partial charge in [0.15, 0.2) is 0 Å². The summed E-state index contributed by atoms with van der Waals surface area (Å²) in [5.74, 6) is 0.549. The molecule has 3 atom stereocenters. The lowest BCUT2D eigenvalue weighted by Crippen LogP contribution is -2.67. The Kier molecular flexibility index (Phi) is 4.16. The van der Waals surface area contributed by atoms with Crippen LogP contribution in [0.15, 0.2) is 0 Å². The Morgan fingerprint density at radius 2 is 2.00 bits per heavy atom. The van der Waals surface area contributed by atoms with Crippen LogP contribution in [0.5, 0.6) is 0 Å². The van der Waals surface area contributed by atoms with Crippen LogP contribution < -0.4 is 5.32 Å². The molecule has 0 aliphatic heterocycles. The molecule has 0 aromatic rings. The summed E-state index contributed by atoms with van der Waals surface area (Å²) in [5.41, 5.74) is 0.422. The van der Waals surface area contributed by atoms with Crippen molar-refractivity contribution < 1.29 is 9.84 Å². The summed E-state index contributed by atoms with van der Waals surface area (Å²) in [6.45, 7) is 3.72. The Labute approximate surface area is 117 Å². The van der Waals surface area contributed by atoms with Crippen LogP contribution >= 0.6 is 0 Å². The van der Waals surface area contributed by atoms with Gasteiger partial charge in [0.2, 0.25) is 0 Å². The molecule has 3 saturated carbocycles. The normalized spacial score (nSPS) is 35.1. The van der Waals surface area contributed by atoms with Gasteiger partial charge in [0.05, 0.1) is 12.2 Å². The van der Waals surface area contributed by atoms with Crippen LogP contribution in [0.3, 0.4) is 0 Å². The SMILES string of the molecule is CCOC1CC(NCC(O)C2CCCC2)C12CCC2. The number of nitrogens with one attached hydrogen (secondary N) is 1. The monoisotopic (exact) mass is 267 g/mol. The highest BCUT2D eigenvalue weighted by atomic mass is 16.5. The lowest BCUT2D eigenvalue weighted by Gasteiger charge is -2.61. The third kappa shape index (κ3) is 2.45. The predicted molar refractivity (Wildman–Crippen MR) is 76.1 cm³/mol. The minimum Gasteiger partial charge on any atom is -0.392 e. The number of rotatable bonds is 6. The van der Waals surface area contributed by atoms with Gasteiger partial charge in [-0.2, -0.15) is 0 Å². The number of hydrogen-bond donors (Lipinski definition) is 2. The van der Waals surface area contributed by atoms with Gasteiger partial charge in [0.25, 0.3) is 0 Å². The fourth-order valence-electron chi connectivity index (χ4n) is 4.50. The molecule has 3 aliphatic rings. The van der Waals surface area contributed by atoms with Gasteiger partial charge in [0.1, 0.15) is 0 Å². The van der Waals surface area contributed by atoms with E-state index in [0.717, 1.165) is 19.6 Å². The van der Waals surface area contributed by atoms with Crippen molar-refractivity contribution in [2.75, 3.05) is 13.2 Å². The lowest BCUT2D eigenvalue weighted by molar-refractivity contribution is -0.174. The van der Waals surface area contributed by atoms with Crippen LogP contribution in [0.2, 0.25) is 0 Å². The predicted octanol–water partition coefficient (Wildman–Crippen LogP) is 2.47. The molecule has 3 heteroatoms. The molecule has 3 nitrogen and oxygen atoms in total. The molecule has 2 N–H and O–H groups in total. The Morgan fingerprint density at radius 1 is 1.26 bits per heavy atom. The highest BCUT2D eigenvalue weighted by molar-refractivity contribution is 5.12. The van der Waals surface area contributed by atoms with Crippen LogP contribution in [-0.2, 0) is 4.74 Å². The first-order valence-electron chi connectivity index (χ1n) is 8.29. The standard InChI is InChI=1S/C16H29NO2/c1-2-19-15-10-14(16(15)8-5-9-16)17-11-13(18)12-6-3-4-7-12/h12-15,17-18H,2-11H2,1H3. The molecular formula is C16H29NO2. The fourth-order valence-corrected chi connectivity index (χ4v) is 4.50. The van der Waals surface area contributed by atoms with Crippen LogP contribution in [0, 0.1) is 11.3 Å². The van der Waals surface area contributed by atoms with Crippen molar-refractivity contribution in [1.29, 1.82) is 0 Å². The third-order valence-corrected chi connectivity index (χ3v) is 5.95. The van der Waals surface area contributed by atoms with Crippen molar-refractivity contribution in [3.8, 4) is 0 Å². The van der Waals surface area contributed by atoms with E-state index in [9.17, 15) is 5.11 Å².